The average Bonchev–Trinajstić information content (AvgIpc) is 3.17. The molecule has 4 heteroatoms. The summed E-state index contributed by atoms with van der Waals surface area (Å²) in [5.74, 6) is 0.905. The lowest BCUT2D eigenvalue weighted by Gasteiger charge is -2.33. The van der Waals surface area contributed by atoms with Crippen LogP contribution in [0, 0.1) is 5.92 Å². The monoisotopic (exact) mass is 379 g/mol. The maximum Gasteiger partial charge on any atom is 0.250 e. The molecule has 28 heavy (non-hydrogen) atoms. The van der Waals surface area contributed by atoms with Crippen molar-refractivity contribution in [1.82, 2.24) is 9.47 Å². The molecule has 150 valence electrons. The molecule has 0 atom stereocenters. The molecule has 1 saturated carbocycles. The van der Waals surface area contributed by atoms with Crippen LogP contribution in [0.5, 0.6) is 0 Å². The van der Waals surface area contributed by atoms with Gasteiger partial charge < -0.3 is 9.47 Å². The van der Waals surface area contributed by atoms with E-state index in [0.29, 0.717) is 6.04 Å². The Morgan fingerprint density at radius 3 is 2.54 bits per heavy atom. The Morgan fingerprint density at radius 2 is 1.82 bits per heavy atom. The van der Waals surface area contributed by atoms with Crippen LogP contribution in [0.4, 0.5) is 11.4 Å². The zero-order chi connectivity index (χ0) is 19.7. The highest BCUT2D eigenvalue weighted by Gasteiger charge is 2.23. The average molecular weight is 380 g/mol. The zero-order valence-corrected chi connectivity index (χ0v) is 17.5. The van der Waals surface area contributed by atoms with Gasteiger partial charge in [0.25, 0.3) is 0 Å². The van der Waals surface area contributed by atoms with Gasteiger partial charge in [0.15, 0.2) is 0 Å². The summed E-state index contributed by atoms with van der Waals surface area (Å²) in [6, 6.07) is 10.8. The van der Waals surface area contributed by atoms with Crippen molar-refractivity contribution >= 4 is 11.4 Å². The Kier molecular flexibility index (Phi) is 5.58. The maximum atomic E-state index is 11.8. The van der Waals surface area contributed by atoms with Crippen LogP contribution in [-0.4, -0.2) is 28.6 Å². The number of rotatable bonds is 5. The zero-order valence-electron chi connectivity index (χ0n) is 17.5. The predicted octanol–water partition coefficient (Wildman–Crippen LogP) is 4.48. The minimum atomic E-state index is 0.0282. The molecule has 1 aliphatic heterocycles. The summed E-state index contributed by atoms with van der Waals surface area (Å²) in [4.78, 5) is 16.8. The molecule has 2 aromatic rings. The molecule has 0 amide bonds. The molecule has 4 nitrogen and oxygen atoms in total. The molecule has 0 saturated heterocycles. The van der Waals surface area contributed by atoms with E-state index in [-0.39, 0.29) is 5.56 Å². The number of benzene rings is 1. The van der Waals surface area contributed by atoms with E-state index in [9.17, 15) is 4.79 Å². The lowest BCUT2D eigenvalue weighted by Crippen LogP contribution is -2.34. The Balaban J connectivity index is 1.59. The van der Waals surface area contributed by atoms with Gasteiger partial charge in [0.1, 0.15) is 0 Å². The molecule has 2 aliphatic rings. The standard InChI is InChI=1S/C24H33N3O/c1-18(2)27(23-10-11-24(28)25(3)17-23)22-9-8-20-12-13-26(16-21(20)14-22)15-19-6-4-5-7-19/h8-11,14,17-19H,4-7,12-13,15-16H2,1-3H3. The van der Waals surface area contributed by atoms with E-state index < -0.39 is 0 Å². The van der Waals surface area contributed by atoms with Gasteiger partial charge in [-0.05, 0) is 68.4 Å². The highest BCUT2D eigenvalue weighted by molar-refractivity contribution is 5.64. The van der Waals surface area contributed by atoms with E-state index in [1.54, 1.807) is 10.6 Å². The van der Waals surface area contributed by atoms with Crippen LogP contribution in [0.1, 0.15) is 50.7 Å². The molecule has 1 aliphatic carbocycles. The number of hydrogen-bond donors (Lipinski definition) is 0. The molecule has 1 aromatic heterocycles. The minimum Gasteiger partial charge on any atom is -0.338 e. The van der Waals surface area contributed by atoms with Gasteiger partial charge in [-0.1, -0.05) is 18.9 Å². The van der Waals surface area contributed by atoms with Gasteiger partial charge in [-0.15, -0.1) is 0 Å². The van der Waals surface area contributed by atoms with Crippen molar-refractivity contribution in [3.63, 3.8) is 0 Å². The van der Waals surface area contributed by atoms with E-state index in [4.69, 9.17) is 0 Å². The summed E-state index contributed by atoms with van der Waals surface area (Å²) < 4.78 is 1.66. The lowest BCUT2D eigenvalue weighted by molar-refractivity contribution is 0.215. The van der Waals surface area contributed by atoms with E-state index in [1.165, 1.54) is 55.6 Å². The molecule has 0 bridgehead atoms. The van der Waals surface area contributed by atoms with Crippen LogP contribution in [0.3, 0.4) is 0 Å². The fraction of sp³-hybridized carbons (Fsp3) is 0.542. The van der Waals surface area contributed by atoms with Crippen molar-refractivity contribution in [2.45, 2.75) is 58.5 Å². The number of pyridine rings is 1. The van der Waals surface area contributed by atoms with Gasteiger partial charge in [-0.2, -0.15) is 0 Å². The minimum absolute atomic E-state index is 0.0282. The second kappa shape index (κ2) is 8.12. The van der Waals surface area contributed by atoms with Crippen LogP contribution < -0.4 is 10.5 Å². The van der Waals surface area contributed by atoms with Crippen molar-refractivity contribution in [3.8, 4) is 0 Å². The van der Waals surface area contributed by atoms with Gasteiger partial charge in [0, 0.05) is 50.7 Å². The van der Waals surface area contributed by atoms with Crippen LogP contribution in [0.2, 0.25) is 0 Å². The summed E-state index contributed by atoms with van der Waals surface area (Å²) in [6.07, 6.45) is 8.76. The molecular formula is C24H33N3O. The van der Waals surface area contributed by atoms with Gasteiger partial charge in [-0.25, -0.2) is 0 Å². The summed E-state index contributed by atoms with van der Waals surface area (Å²) >= 11 is 0. The van der Waals surface area contributed by atoms with Crippen LogP contribution >= 0.6 is 0 Å². The van der Waals surface area contributed by atoms with E-state index in [0.717, 1.165) is 24.6 Å². The Morgan fingerprint density at radius 1 is 1.07 bits per heavy atom. The molecular weight excluding hydrogens is 346 g/mol. The van der Waals surface area contributed by atoms with Crippen molar-refractivity contribution < 1.29 is 0 Å². The number of nitrogens with zero attached hydrogens (tertiary/aromatic N) is 3. The van der Waals surface area contributed by atoms with E-state index in [1.807, 2.05) is 19.3 Å². The first-order chi connectivity index (χ1) is 13.5. The normalized spacial score (nSPS) is 17.9. The fourth-order valence-electron chi connectivity index (χ4n) is 4.93. The third-order valence-corrected chi connectivity index (χ3v) is 6.42. The van der Waals surface area contributed by atoms with Gasteiger partial charge >= 0.3 is 0 Å². The Labute approximate surface area is 168 Å². The lowest BCUT2D eigenvalue weighted by atomic mass is 9.97. The first-order valence-corrected chi connectivity index (χ1v) is 10.8. The number of hydrogen-bond acceptors (Lipinski definition) is 3. The largest absolute Gasteiger partial charge is 0.338 e. The molecule has 2 heterocycles. The summed E-state index contributed by atoms with van der Waals surface area (Å²) in [5, 5.41) is 0. The van der Waals surface area contributed by atoms with E-state index >= 15 is 0 Å². The number of aromatic nitrogens is 1. The molecule has 0 unspecified atom stereocenters. The predicted molar refractivity (Wildman–Crippen MR) is 116 cm³/mol. The summed E-state index contributed by atoms with van der Waals surface area (Å²) in [5.41, 5.74) is 5.28. The number of anilines is 2. The fourth-order valence-corrected chi connectivity index (χ4v) is 4.93. The number of fused-ring (bicyclic) bond motifs is 1. The van der Waals surface area contributed by atoms with Crippen molar-refractivity contribution in [3.05, 3.63) is 58.0 Å². The quantitative estimate of drug-likeness (QED) is 0.767. The smallest absolute Gasteiger partial charge is 0.250 e. The SMILES string of the molecule is CC(C)N(c1ccc2c(c1)CN(CC1CCCC1)CC2)c1ccc(=O)n(C)c1. The highest BCUT2D eigenvalue weighted by Crippen LogP contribution is 2.32. The van der Waals surface area contributed by atoms with Crippen LogP contribution in [0.25, 0.3) is 0 Å². The Bertz CT molecular complexity index is 880. The van der Waals surface area contributed by atoms with Crippen LogP contribution in [-0.2, 0) is 20.0 Å². The van der Waals surface area contributed by atoms with Gasteiger partial charge in [0.2, 0.25) is 5.56 Å². The van der Waals surface area contributed by atoms with Crippen molar-refractivity contribution in [2.75, 3.05) is 18.0 Å². The molecule has 0 N–H and O–H groups in total. The second-order valence-corrected chi connectivity index (χ2v) is 8.89. The van der Waals surface area contributed by atoms with Crippen LogP contribution in [0.15, 0.2) is 41.3 Å². The topological polar surface area (TPSA) is 28.5 Å². The van der Waals surface area contributed by atoms with Gasteiger partial charge in [0.05, 0.1) is 5.69 Å². The molecule has 1 aromatic carbocycles. The third-order valence-electron chi connectivity index (χ3n) is 6.42. The first-order valence-electron chi connectivity index (χ1n) is 10.8. The molecule has 1 fully saturated rings. The van der Waals surface area contributed by atoms with Crippen molar-refractivity contribution in [1.29, 1.82) is 0 Å². The summed E-state index contributed by atoms with van der Waals surface area (Å²) in [7, 11) is 1.82. The summed E-state index contributed by atoms with van der Waals surface area (Å²) in [6.45, 7) is 7.93. The molecule has 4 rings (SSSR count). The van der Waals surface area contributed by atoms with E-state index in [2.05, 4.69) is 41.8 Å². The second-order valence-electron chi connectivity index (χ2n) is 8.89. The third kappa shape index (κ3) is 4.02. The maximum absolute atomic E-state index is 11.8. The van der Waals surface area contributed by atoms with Gasteiger partial charge in [-0.3, -0.25) is 9.69 Å². The number of aryl methyl sites for hydroxylation is 1. The highest BCUT2D eigenvalue weighted by atomic mass is 16.1. The first kappa shape index (κ1) is 19.3. The van der Waals surface area contributed by atoms with Crippen molar-refractivity contribution in [2.24, 2.45) is 13.0 Å². The molecule has 0 radical (unpaired) electrons. The molecule has 0 spiro atoms. The Hall–Kier alpha value is -2.07.